The van der Waals surface area contributed by atoms with Gasteiger partial charge in [0.05, 0.1) is 11.6 Å². The van der Waals surface area contributed by atoms with Gasteiger partial charge in [-0.15, -0.1) is 0 Å². The quantitative estimate of drug-likeness (QED) is 0.934. The SMILES string of the molecule is CN1C[C@H](C(=O)Nc2cn(C)nc2-c2ccccc2)CC1=O. The van der Waals surface area contributed by atoms with E-state index >= 15 is 0 Å². The van der Waals surface area contributed by atoms with E-state index in [4.69, 9.17) is 0 Å². The maximum absolute atomic E-state index is 12.4. The Labute approximate surface area is 128 Å². The van der Waals surface area contributed by atoms with E-state index in [0.29, 0.717) is 12.2 Å². The summed E-state index contributed by atoms with van der Waals surface area (Å²) >= 11 is 0. The van der Waals surface area contributed by atoms with Crippen LogP contribution in [0.5, 0.6) is 0 Å². The Morgan fingerprint density at radius 1 is 1.27 bits per heavy atom. The van der Waals surface area contributed by atoms with Gasteiger partial charge in [-0.25, -0.2) is 0 Å². The summed E-state index contributed by atoms with van der Waals surface area (Å²) in [6.45, 7) is 0.464. The summed E-state index contributed by atoms with van der Waals surface area (Å²) in [4.78, 5) is 25.5. The molecule has 0 spiro atoms. The standard InChI is InChI=1S/C16H18N4O2/c1-19-9-12(8-14(19)21)16(22)17-13-10-20(2)18-15(13)11-6-4-3-5-7-11/h3-7,10,12H,8-9H2,1-2H3,(H,17,22)/t12-/m1/s1. The Morgan fingerprint density at radius 3 is 2.64 bits per heavy atom. The van der Waals surface area contributed by atoms with Crippen LogP contribution in [0.2, 0.25) is 0 Å². The zero-order valence-corrected chi connectivity index (χ0v) is 12.6. The molecule has 22 heavy (non-hydrogen) atoms. The fourth-order valence-corrected chi connectivity index (χ4v) is 2.66. The number of hydrogen-bond donors (Lipinski definition) is 1. The topological polar surface area (TPSA) is 67.2 Å². The summed E-state index contributed by atoms with van der Waals surface area (Å²) < 4.78 is 1.67. The third-order valence-electron chi connectivity index (χ3n) is 3.85. The van der Waals surface area contributed by atoms with Gasteiger partial charge in [-0.05, 0) is 0 Å². The lowest BCUT2D eigenvalue weighted by Crippen LogP contribution is -2.25. The van der Waals surface area contributed by atoms with Crippen LogP contribution >= 0.6 is 0 Å². The summed E-state index contributed by atoms with van der Waals surface area (Å²) in [5.41, 5.74) is 2.34. The van der Waals surface area contributed by atoms with Crippen LogP contribution in [0.25, 0.3) is 11.3 Å². The average Bonchev–Trinajstić information content (AvgIpc) is 3.03. The van der Waals surface area contributed by atoms with Crippen molar-refractivity contribution in [1.29, 1.82) is 0 Å². The number of aromatic nitrogens is 2. The number of benzene rings is 1. The second kappa shape index (κ2) is 5.63. The van der Waals surface area contributed by atoms with E-state index in [2.05, 4.69) is 10.4 Å². The Hall–Kier alpha value is -2.63. The van der Waals surface area contributed by atoms with E-state index in [9.17, 15) is 9.59 Å². The normalized spacial score (nSPS) is 17.8. The second-order valence-electron chi connectivity index (χ2n) is 5.60. The molecule has 0 aliphatic carbocycles. The number of likely N-dealkylation sites (tertiary alicyclic amines) is 1. The molecule has 3 rings (SSSR count). The predicted molar refractivity (Wildman–Crippen MR) is 83.0 cm³/mol. The van der Waals surface area contributed by atoms with Crippen molar-refractivity contribution in [1.82, 2.24) is 14.7 Å². The molecule has 1 saturated heterocycles. The maximum Gasteiger partial charge on any atom is 0.229 e. The first-order valence-electron chi connectivity index (χ1n) is 7.18. The lowest BCUT2D eigenvalue weighted by molar-refractivity contribution is -0.127. The van der Waals surface area contributed by atoms with Gasteiger partial charge in [0.2, 0.25) is 11.8 Å². The molecule has 1 fully saturated rings. The van der Waals surface area contributed by atoms with Crippen LogP contribution in [-0.2, 0) is 16.6 Å². The highest BCUT2D eigenvalue weighted by Gasteiger charge is 2.32. The van der Waals surface area contributed by atoms with Gasteiger partial charge in [-0.1, -0.05) is 30.3 Å². The number of anilines is 1. The molecule has 1 aliphatic rings. The van der Waals surface area contributed by atoms with Crippen molar-refractivity contribution in [3.8, 4) is 11.3 Å². The van der Waals surface area contributed by atoms with Gasteiger partial charge in [0.25, 0.3) is 0 Å². The van der Waals surface area contributed by atoms with E-state index < -0.39 is 0 Å². The third kappa shape index (κ3) is 2.72. The monoisotopic (exact) mass is 298 g/mol. The first kappa shape index (κ1) is 14.3. The highest BCUT2D eigenvalue weighted by atomic mass is 16.2. The molecule has 114 valence electrons. The summed E-state index contributed by atoms with van der Waals surface area (Å²) in [6.07, 6.45) is 2.05. The number of nitrogens with zero attached hydrogens (tertiary/aromatic N) is 3. The molecule has 2 amide bonds. The first-order valence-corrected chi connectivity index (χ1v) is 7.18. The van der Waals surface area contributed by atoms with Gasteiger partial charge in [-0.3, -0.25) is 14.3 Å². The molecule has 1 aromatic heterocycles. The fraction of sp³-hybridized carbons (Fsp3) is 0.312. The zero-order valence-electron chi connectivity index (χ0n) is 12.6. The molecule has 2 heterocycles. The molecule has 0 bridgehead atoms. The van der Waals surface area contributed by atoms with Crippen molar-refractivity contribution in [2.45, 2.75) is 6.42 Å². The van der Waals surface area contributed by atoms with E-state index in [0.717, 1.165) is 11.3 Å². The minimum atomic E-state index is -0.304. The van der Waals surface area contributed by atoms with Crippen LogP contribution in [0, 0.1) is 5.92 Å². The number of aryl methyl sites for hydroxylation is 1. The number of carbonyl (C=O) groups is 2. The van der Waals surface area contributed by atoms with Crippen LogP contribution in [-0.4, -0.2) is 40.1 Å². The van der Waals surface area contributed by atoms with Crippen LogP contribution in [0.1, 0.15) is 6.42 Å². The Kier molecular flexibility index (Phi) is 3.66. The first-order chi connectivity index (χ1) is 10.5. The molecule has 6 heteroatoms. The number of amides is 2. The fourth-order valence-electron chi connectivity index (χ4n) is 2.66. The van der Waals surface area contributed by atoms with Crippen molar-refractivity contribution in [2.24, 2.45) is 13.0 Å². The zero-order chi connectivity index (χ0) is 15.7. The molecule has 1 N–H and O–H groups in total. The van der Waals surface area contributed by atoms with E-state index in [-0.39, 0.29) is 24.2 Å². The van der Waals surface area contributed by atoms with Crippen LogP contribution in [0.3, 0.4) is 0 Å². The van der Waals surface area contributed by atoms with Gasteiger partial charge < -0.3 is 10.2 Å². The van der Waals surface area contributed by atoms with Gasteiger partial charge in [-0.2, -0.15) is 5.10 Å². The van der Waals surface area contributed by atoms with Crippen LogP contribution < -0.4 is 5.32 Å². The highest BCUT2D eigenvalue weighted by Crippen LogP contribution is 2.27. The van der Waals surface area contributed by atoms with Gasteiger partial charge in [0.1, 0.15) is 5.69 Å². The summed E-state index contributed by atoms with van der Waals surface area (Å²) in [5, 5.41) is 7.33. The van der Waals surface area contributed by atoms with Gasteiger partial charge in [0, 0.05) is 38.8 Å². The second-order valence-corrected chi connectivity index (χ2v) is 5.60. The van der Waals surface area contributed by atoms with Crippen LogP contribution in [0.15, 0.2) is 36.5 Å². The Balaban J connectivity index is 1.81. The number of rotatable bonds is 3. The van der Waals surface area contributed by atoms with E-state index in [1.54, 1.807) is 22.8 Å². The van der Waals surface area contributed by atoms with Crippen molar-refractivity contribution < 1.29 is 9.59 Å². The maximum atomic E-state index is 12.4. The lowest BCUT2D eigenvalue weighted by atomic mass is 10.1. The molecule has 6 nitrogen and oxygen atoms in total. The van der Waals surface area contributed by atoms with Gasteiger partial charge >= 0.3 is 0 Å². The highest BCUT2D eigenvalue weighted by molar-refractivity contribution is 5.99. The molecule has 0 radical (unpaired) electrons. The minimum absolute atomic E-state index is 0.00891. The Bertz CT molecular complexity index is 708. The summed E-state index contributed by atoms with van der Waals surface area (Å²) in [6, 6.07) is 9.70. The van der Waals surface area contributed by atoms with Crippen molar-refractivity contribution in [3.05, 3.63) is 36.5 Å². The van der Waals surface area contributed by atoms with Crippen LogP contribution in [0.4, 0.5) is 5.69 Å². The number of nitrogens with one attached hydrogen (secondary N) is 1. The molecule has 1 atom stereocenters. The molecule has 1 aliphatic heterocycles. The molecule has 1 aromatic carbocycles. The van der Waals surface area contributed by atoms with E-state index in [1.165, 1.54) is 0 Å². The summed E-state index contributed by atoms with van der Waals surface area (Å²) in [5.74, 6) is -0.432. The lowest BCUT2D eigenvalue weighted by Gasteiger charge is -2.11. The molecule has 2 aromatic rings. The third-order valence-corrected chi connectivity index (χ3v) is 3.85. The minimum Gasteiger partial charge on any atom is -0.345 e. The molecule has 0 saturated carbocycles. The van der Waals surface area contributed by atoms with Crippen molar-refractivity contribution >= 4 is 17.5 Å². The number of carbonyl (C=O) groups excluding carboxylic acids is 2. The largest absolute Gasteiger partial charge is 0.345 e. The average molecular weight is 298 g/mol. The molecule has 0 unspecified atom stereocenters. The Morgan fingerprint density at radius 2 is 2.00 bits per heavy atom. The molecular formula is C16H18N4O2. The van der Waals surface area contributed by atoms with Gasteiger partial charge in [0.15, 0.2) is 0 Å². The molecular weight excluding hydrogens is 280 g/mol. The predicted octanol–water partition coefficient (Wildman–Crippen LogP) is 1.50. The summed E-state index contributed by atoms with van der Waals surface area (Å²) in [7, 11) is 3.53. The van der Waals surface area contributed by atoms with E-state index in [1.807, 2.05) is 37.4 Å². The van der Waals surface area contributed by atoms with Crippen molar-refractivity contribution in [3.63, 3.8) is 0 Å². The smallest absolute Gasteiger partial charge is 0.229 e. The number of hydrogen-bond acceptors (Lipinski definition) is 3. The van der Waals surface area contributed by atoms with Crippen molar-refractivity contribution in [2.75, 3.05) is 18.9 Å².